The summed E-state index contributed by atoms with van der Waals surface area (Å²) in [6.07, 6.45) is 3.31. The fourth-order valence-corrected chi connectivity index (χ4v) is 3.81. The van der Waals surface area contributed by atoms with E-state index in [0.29, 0.717) is 23.9 Å². The number of carbonyl (C=O) groups is 1. The van der Waals surface area contributed by atoms with Gasteiger partial charge in [0.25, 0.3) is 5.91 Å². The van der Waals surface area contributed by atoms with E-state index in [-0.39, 0.29) is 5.91 Å². The van der Waals surface area contributed by atoms with Crippen LogP contribution in [0.3, 0.4) is 0 Å². The van der Waals surface area contributed by atoms with E-state index in [0.717, 1.165) is 42.9 Å². The fourth-order valence-electron chi connectivity index (χ4n) is 3.59. The average molecular weight is 388 g/mol. The Hall–Kier alpha value is -2.15. The molecule has 27 heavy (non-hydrogen) atoms. The van der Waals surface area contributed by atoms with Crippen molar-refractivity contribution in [2.45, 2.75) is 25.6 Å². The number of nitrogens with one attached hydrogen (secondary N) is 1. The number of amides is 1. The molecule has 0 atom stereocenters. The molecule has 1 aromatic heterocycles. The van der Waals surface area contributed by atoms with Gasteiger partial charge >= 0.3 is 0 Å². The van der Waals surface area contributed by atoms with Crippen molar-refractivity contribution in [1.82, 2.24) is 4.98 Å². The van der Waals surface area contributed by atoms with Gasteiger partial charge < -0.3 is 19.7 Å². The number of carbonyl (C=O) groups excluding carboxylic acids is 1. The minimum atomic E-state index is -0.407. The number of nitrogens with zero attached hydrogens (tertiary/aromatic N) is 2. The Morgan fingerprint density at radius 1 is 1.19 bits per heavy atom. The predicted octanol–water partition coefficient (Wildman–Crippen LogP) is 3.64. The van der Waals surface area contributed by atoms with Gasteiger partial charge in [0.2, 0.25) is 0 Å². The molecule has 1 spiro atoms. The number of anilines is 2. The molecule has 4 rings (SSSR count). The summed E-state index contributed by atoms with van der Waals surface area (Å²) in [5.74, 6) is -0.645. The van der Waals surface area contributed by atoms with E-state index in [9.17, 15) is 4.79 Å². The summed E-state index contributed by atoms with van der Waals surface area (Å²) in [5, 5.41) is 3.55. The van der Waals surface area contributed by atoms with Crippen molar-refractivity contribution in [2.75, 3.05) is 36.5 Å². The third-order valence-corrected chi connectivity index (χ3v) is 5.35. The molecule has 3 heterocycles. The molecule has 7 heteroatoms. The molecule has 1 aromatic carbocycles. The summed E-state index contributed by atoms with van der Waals surface area (Å²) in [7, 11) is 0. The summed E-state index contributed by atoms with van der Waals surface area (Å²) in [6, 6.07) is 9.13. The molecule has 0 unspecified atom stereocenters. The zero-order chi connectivity index (χ0) is 18.9. The van der Waals surface area contributed by atoms with Gasteiger partial charge in [-0.2, -0.15) is 0 Å². The summed E-state index contributed by atoms with van der Waals surface area (Å²) in [6.45, 7) is 4.89. The average Bonchev–Trinajstić information content (AvgIpc) is 3.12. The largest absolute Gasteiger partial charge is 0.371 e. The van der Waals surface area contributed by atoms with Crippen LogP contribution >= 0.6 is 11.6 Å². The molecule has 0 bridgehead atoms. The van der Waals surface area contributed by atoms with Gasteiger partial charge in [-0.05, 0) is 42.8 Å². The van der Waals surface area contributed by atoms with E-state index in [1.54, 1.807) is 18.3 Å². The zero-order valence-corrected chi connectivity index (χ0v) is 16.0. The lowest BCUT2D eigenvalue weighted by molar-refractivity contribution is -0.169. The number of aryl methyl sites for hydroxylation is 1. The van der Waals surface area contributed by atoms with Crippen LogP contribution in [-0.4, -0.2) is 43.0 Å². The number of hydrogen-bond donors (Lipinski definition) is 1. The second-order valence-corrected chi connectivity index (χ2v) is 7.34. The van der Waals surface area contributed by atoms with Gasteiger partial charge in [0.05, 0.1) is 13.2 Å². The lowest BCUT2D eigenvalue weighted by Crippen LogP contribution is -2.45. The maximum atomic E-state index is 12.6. The van der Waals surface area contributed by atoms with Gasteiger partial charge in [-0.25, -0.2) is 0 Å². The lowest BCUT2D eigenvalue weighted by atomic mass is 10.0. The highest BCUT2D eigenvalue weighted by molar-refractivity contribution is 6.30. The zero-order valence-electron chi connectivity index (χ0n) is 15.2. The Labute approximate surface area is 163 Å². The first-order valence-corrected chi connectivity index (χ1v) is 9.49. The normalized spacial score (nSPS) is 18.7. The number of pyridine rings is 1. The van der Waals surface area contributed by atoms with Crippen molar-refractivity contribution in [3.63, 3.8) is 0 Å². The smallest absolute Gasteiger partial charge is 0.274 e. The highest BCUT2D eigenvalue weighted by atomic mass is 35.5. The first-order valence-electron chi connectivity index (χ1n) is 9.11. The van der Waals surface area contributed by atoms with E-state index >= 15 is 0 Å². The molecule has 2 aliphatic heterocycles. The number of hydrogen-bond acceptors (Lipinski definition) is 5. The fraction of sp³-hybridized carbons (Fsp3) is 0.400. The van der Waals surface area contributed by atoms with Crippen LogP contribution in [0.5, 0.6) is 0 Å². The maximum absolute atomic E-state index is 12.6. The summed E-state index contributed by atoms with van der Waals surface area (Å²) in [4.78, 5) is 19.1. The third-order valence-electron chi connectivity index (χ3n) is 5.12. The van der Waals surface area contributed by atoms with Gasteiger partial charge in [-0.1, -0.05) is 11.6 Å². The van der Waals surface area contributed by atoms with Crippen LogP contribution in [0.4, 0.5) is 11.4 Å². The lowest BCUT2D eigenvalue weighted by Gasteiger charge is -2.38. The van der Waals surface area contributed by atoms with E-state index < -0.39 is 5.79 Å². The molecule has 1 N–H and O–H groups in total. The molecule has 2 aliphatic rings. The quantitative estimate of drug-likeness (QED) is 0.871. The highest BCUT2D eigenvalue weighted by Crippen LogP contribution is 2.33. The molecule has 2 fully saturated rings. The second kappa shape index (κ2) is 7.46. The van der Waals surface area contributed by atoms with Crippen LogP contribution in [0.2, 0.25) is 5.02 Å². The number of rotatable bonds is 3. The molecule has 0 radical (unpaired) electrons. The SMILES string of the molecule is Cc1cc(Cl)ccc1NC(=O)c1cc(N2CCC3(CC2)OCCO3)ccn1. The molecule has 1 amide bonds. The van der Waals surface area contributed by atoms with Crippen LogP contribution in [0.1, 0.15) is 28.9 Å². The van der Waals surface area contributed by atoms with Gasteiger partial charge in [0.1, 0.15) is 5.69 Å². The Morgan fingerprint density at radius 3 is 2.63 bits per heavy atom. The van der Waals surface area contributed by atoms with Crippen LogP contribution < -0.4 is 10.2 Å². The van der Waals surface area contributed by atoms with Crippen molar-refractivity contribution in [2.24, 2.45) is 0 Å². The molecule has 142 valence electrons. The van der Waals surface area contributed by atoms with E-state index in [2.05, 4.69) is 15.2 Å². The molecule has 2 saturated heterocycles. The maximum Gasteiger partial charge on any atom is 0.274 e. The highest BCUT2D eigenvalue weighted by Gasteiger charge is 2.39. The van der Waals surface area contributed by atoms with Crippen molar-refractivity contribution >= 4 is 28.9 Å². The first-order chi connectivity index (χ1) is 13.0. The van der Waals surface area contributed by atoms with Crippen LogP contribution in [0.25, 0.3) is 0 Å². The third kappa shape index (κ3) is 3.93. The van der Waals surface area contributed by atoms with Crippen molar-refractivity contribution in [3.8, 4) is 0 Å². The monoisotopic (exact) mass is 387 g/mol. The molecule has 2 aromatic rings. The van der Waals surface area contributed by atoms with Crippen molar-refractivity contribution in [3.05, 3.63) is 52.8 Å². The summed E-state index contributed by atoms with van der Waals surface area (Å²) in [5.41, 5.74) is 3.00. The van der Waals surface area contributed by atoms with Gasteiger partial charge in [0.15, 0.2) is 5.79 Å². The van der Waals surface area contributed by atoms with Gasteiger partial charge in [-0.15, -0.1) is 0 Å². The number of halogens is 1. The molecule has 0 aliphatic carbocycles. The number of benzene rings is 1. The number of ether oxygens (including phenoxy) is 2. The Kier molecular flexibility index (Phi) is 5.04. The molecule has 6 nitrogen and oxygen atoms in total. The van der Waals surface area contributed by atoms with Gasteiger partial charge in [0, 0.05) is 48.5 Å². The Bertz CT molecular complexity index is 842. The van der Waals surface area contributed by atoms with E-state index in [1.807, 2.05) is 25.1 Å². The topological polar surface area (TPSA) is 63.7 Å². The van der Waals surface area contributed by atoms with E-state index in [4.69, 9.17) is 21.1 Å². The standard InChI is InChI=1S/C20H22ClN3O3/c1-14-12-15(21)2-3-17(14)23-19(25)18-13-16(4-7-22-18)24-8-5-20(6-9-24)26-10-11-27-20/h2-4,7,12-13H,5-6,8-11H2,1H3,(H,23,25). The van der Waals surface area contributed by atoms with Crippen LogP contribution in [-0.2, 0) is 9.47 Å². The predicted molar refractivity (Wildman–Crippen MR) is 104 cm³/mol. The summed E-state index contributed by atoms with van der Waals surface area (Å²) < 4.78 is 11.6. The van der Waals surface area contributed by atoms with Crippen molar-refractivity contribution < 1.29 is 14.3 Å². The summed E-state index contributed by atoms with van der Waals surface area (Å²) >= 11 is 5.97. The second-order valence-electron chi connectivity index (χ2n) is 6.91. The molecular weight excluding hydrogens is 366 g/mol. The molecule has 0 saturated carbocycles. The Balaban J connectivity index is 1.45. The minimum absolute atomic E-state index is 0.238. The van der Waals surface area contributed by atoms with E-state index in [1.165, 1.54) is 0 Å². The van der Waals surface area contributed by atoms with Crippen molar-refractivity contribution in [1.29, 1.82) is 0 Å². The molecular formula is C20H22ClN3O3. The number of aromatic nitrogens is 1. The number of piperidine rings is 1. The van der Waals surface area contributed by atoms with Gasteiger partial charge in [-0.3, -0.25) is 9.78 Å². The minimum Gasteiger partial charge on any atom is -0.371 e. The Morgan fingerprint density at radius 2 is 1.93 bits per heavy atom. The van der Waals surface area contributed by atoms with Crippen LogP contribution in [0, 0.1) is 6.92 Å². The first kappa shape index (κ1) is 18.2. The van der Waals surface area contributed by atoms with Crippen LogP contribution in [0.15, 0.2) is 36.5 Å².